The first-order valence-corrected chi connectivity index (χ1v) is 7.81. The van der Waals surface area contributed by atoms with E-state index >= 15 is 0 Å². The summed E-state index contributed by atoms with van der Waals surface area (Å²) in [4.78, 5) is 28.0. The van der Waals surface area contributed by atoms with Crippen LogP contribution in [0.25, 0.3) is 0 Å². The fourth-order valence-electron chi connectivity index (χ4n) is 3.05. The summed E-state index contributed by atoms with van der Waals surface area (Å²) in [5, 5.41) is 10.3. The fraction of sp³-hybridized carbons (Fsp3) is 0.529. The molecule has 1 N–H and O–H groups in total. The number of carboxylic acid groups (broad SMARTS) is 1. The van der Waals surface area contributed by atoms with Gasteiger partial charge in [-0.3, -0.25) is 14.4 Å². The number of amides is 1. The number of hydroxylamine groups is 2. The zero-order chi connectivity index (χ0) is 15.8. The van der Waals surface area contributed by atoms with Gasteiger partial charge < -0.3 is 5.11 Å². The van der Waals surface area contributed by atoms with Crippen molar-refractivity contribution in [2.24, 2.45) is 5.92 Å². The first-order chi connectivity index (χ1) is 10.7. The Labute approximate surface area is 130 Å². The standard InChI is InChI=1S/C17H23NO4/c19-13-18(22-12-15-8-2-1-3-9-15)16(11-17(20)21)10-14-6-4-5-7-14/h1-3,8-9,13-14,16H,4-7,10-12H2,(H,20,21). The fourth-order valence-corrected chi connectivity index (χ4v) is 3.05. The summed E-state index contributed by atoms with van der Waals surface area (Å²) in [6, 6.07) is 9.13. The number of aliphatic carboxylic acids is 1. The number of nitrogens with zero attached hydrogens (tertiary/aromatic N) is 1. The molecule has 120 valence electrons. The summed E-state index contributed by atoms with van der Waals surface area (Å²) >= 11 is 0. The van der Waals surface area contributed by atoms with Gasteiger partial charge in [-0.2, -0.15) is 0 Å². The normalized spacial score (nSPS) is 16.4. The number of rotatable bonds is 9. The predicted molar refractivity (Wildman–Crippen MR) is 81.7 cm³/mol. The highest BCUT2D eigenvalue weighted by Crippen LogP contribution is 2.30. The molecule has 5 nitrogen and oxygen atoms in total. The van der Waals surface area contributed by atoms with Crippen LogP contribution in [0.15, 0.2) is 30.3 Å². The zero-order valence-corrected chi connectivity index (χ0v) is 12.7. The Morgan fingerprint density at radius 2 is 2.00 bits per heavy atom. The number of hydrogen-bond donors (Lipinski definition) is 1. The van der Waals surface area contributed by atoms with Gasteiger partial charge >= 0.3 is 5.97 Å². The molecule has 0 bridgehead atoms. The van der Waals surface area contributed by atoms with E-state index < -0.39 is 12.0 Å². The van der Waals surface area contributed by atoms with E-state index in [1.165, 1.54) is 17.9 Å². The second kappa shape index (κ2) is 8.54. The SMILES string of the molecule is O=CN(OCc1ccccc1)C(CC(=O)O)CC1CCCC1. The minimum atomic E-state index is -0.904. The summed E-state index contributed by atoms with van der Waals surface area (Å²) in [6.07, 6.45) is 5.82. The van der Waals surface area contributed by atoms with Crippen molar-refractivity contribution in [3.8, 4) is 0 Å². The van der Waals surface area contributed by atoms with Crippen LogP contribution in [0, 0.1) is 5.92 Å². The molecule has 1 aliphatic carbocycles. The van der Waals surface area contributed by atoms with Crippen molar-refractivity contribution in [2.75, 3.05) is 0 Å². The Morgan fingerprint density at radius 3 is 2.59 bits per heavy atom. The van der Waals surface area contributed by atoms with Gasteiger partial charge in [0.2, 0.25) is 6.41 Å². The largest absolute Gasteiger partial charge is 0.481 e. The quantitative estimate of drug-likeness (QED) is 0.562. The van der Waals surface area contributed by atoms with Crippen molar-refractivity contribution in [2.45, 2.75) is 51.2 Å². The van der Waals surface area contributed by atoms with Crippen molar-refractivity contribution in [1.82, 2.24) is 5.06 Å². The second-order valence-corrected chi connectivity index (χ2v) is 5.86. The van der Waals surface area contributed by atoms with E-state index in [1.54, 1.807) is 0 Å². The molecule has 0 radical (unpaired) electrons. The van der Waals surface area contributed by atoms with Crippen LogP contribution < -0.4 is 0 Å². The highest BCUT2D eigenvalue weighted by Gasteiger charge is 2.27. The smallest absolute Gasteiger partial charge is 0.305 e. The van der Waals surface area contributed by atoms with Crippen LogP contribution in [0.2, 0.25) is 0 Å². The lowest BCUT2D eigenvalue weighted by Crippen LogP contribution is -2.37. The van der Waals surface area contributed by atoms with Crippen LogP contribution in [-0.4, -0.2) is 28.6 Å². The predicted octanol–water partition coefficient (Wildman–Crippen LogP) is 3.00. The van der Waals surface area contributed by atoms with Gasteiger partial charge in [0.25, 0.3) is 0 Å². The van der Waals surface area contributed by atoms with Crippen LogP contribution in [0.4, 0.5) is 0 Å². The molecular formula is C17H23NO4. The summed E-state index contributed by atoms with van der Waals surface area (Å²) in [6.45, 7) is 0.264. The third-order valence-electron chi connectivity index (χ3n) is 4.18. The van der Waals surface area contributed by atoms with E-state index in [1.807, 2.05) is 30.3 Å². The van der Waals surface area contributed by atoms with Gasteiger partial charge in [-0.05, 0) is 17.9 Å². The summed E-state index contributed by atoms with van der Waals surface area (Å²) in [5.41, 5.74) is 0.948. The zero-order valence-electron chi connectivity index (χ0n) is 12.7. The van der Waals surface area contributed by atoms with Gasteiger partial charge in [-0.1, -0.05) is 56.0 Å². The Bertz CT molecular complexity index is 471. The number of carboxylic acids is 1. The van der Waals surface area contributed by atoms with Gasteiger partial charge in [0.05, 0.1) is 12.5 Å². The van der Waals surface area contributed by atoms with E-state index in [0.29, 0.717) is 18.7 Å². The highest BCUT2D eigenvalue weighted by atomic mass is 16.7. The van der Waals surface area contributed by atoms with Gasteiger partial charge in [-0.15, -0.1) is 0 Å². The third-order valence-corrected chi connectivity index (χ3v) is 4.18. The molecule has 1 amide bonds. The maximum absolute atomic E-state index is 11.3. The van der Waals surface area contributed by atoms with Crippen molar-refractivity contribution in [1.29, 1.82) is 0 Å². The summed E-state index contributed by atoms with van der Waals surface area (Å²) in [7, 11) is 0. The van der Waals surface area contributed by atoms with Crippen LogP contribution in [0.5, 0.6) is 0 Å². The van der Waals surface area contributed by atoms with E-state index in [-0.39, 0.29) is 13.0 Å². The molecule has 0 aromatic heterocycles. The van der Waals surface area contributed by atoms with Gasteiger partial charge in [-0.25, -0.2) is 5.06 Å². The lowest BCUT2D eigenvalue weighted by Gasteiger charge is -2.28. The Kier molecular flexibility index (Phi) is 6.40. The molecule has 1 atom stereocenters. The Morgan fingerprint density at radius 1 is 1.32 bits per heavy atom. The molecule has 1 aromatic rings. The third kappa shape index (κ3) is 5.15. The van der Waals surface area contributed by atoms with Crippen molar-refractivity contribution < 1.29 is 19.5 Å². The average Bonchev–Trinajstić information content (AvgIpc) is 3.01. The first-order valence-electron chi connectivity index (χ1n) is 7.81. The van der Waals surface area contributed by atoms with Crippen LogP contribution in [0.1, 0.15) is 44.1 Å². The molecule has 22 heavy (non-hydrogen) atoms. The molecule has 0 spiro atoms. The van der Waals surface area contributed by atoms with Crippen LogP contribution in [-0.2, 0) is 21.0 Å². The molecule has 2 rings (SSSR count). The molecule has 1 fully saturated rings. The number of carbonyl (C=O) groups excluding carboxylic acids is 1. The molecule has 1 aromatic carbocycles. The van der Waals surface area contributed by atoms with E-state index in [9.17, 15) is 9.59 Å². The molecule has 1 saturated carbocycles. The topological polar surface area (TPSA) is 66.8 Å². The van der Waals surface area contributed by atoms with Crippen molar-refractivity contribution in [3.63, 3.8) is 0 Å². The Hall–Kier alpha value is -1.88. The molecule has 1 unspecified atom stereocenters. The summed E-state index contributed by atoms with van der Waals surface area (Å²) in [5.74, 6) is -0.412. The molecule has 1 aliphatic rings. The van der Waals surface area contributed by atoms with E-state index in [2.05, 4.69) is 0 Å². The van der Waals surface area contributed by atoms with E-state index in [0.717, 1.165) is 18.4 Å². The second-order valence-electron chi connectivity index (χ2n) is 5.86. The molecule has 5 heteroatoms. The number of hydrogen-bond acceptors (Lipinski definition) is 3. The Balaban J connectivity index is 1.95. The summed E-state index contributed by atoms with van der Waals surface area (Å²) < 4.78 is 0. The van der Waals surface area contributed by atoms with Gasteiger partial charge in [0.15, 0.2) is 0 Å². The molecule has 0 saturated heterocycles. The van der Waals surface area contributed by atoms with Crippen molar-refractivity contribution >= 4 is 12.4 Å². The maximum Gasteiger partial charge on any atom is 0.305 e. The first kappa shape index (κ1) is 16.5. The van der Waals surface area contributed by atoms with Crippen LogP contribution >= 0.6 is 0 Å². The minimum Gasteiger partial charge on any atom is -0.481 e. The molecular weight excluding hydrogens is 282 g/mol. The van der Waals surface area contributed by atoms with Crippen LogP contribution in [0.3, 0.4) is 0 Å². The maximum atomic E-state index is 11.3. The minimum absolute atomic E-state index is 0.0793. The van der Waals surface area contributed by atoms with Gasteiger partial charge in [0.1, 0.15) is 6.61 Å². The average molecular weight is 305 g/mol. The van der Waals surface area contributed by atoms with Gasteiger partial charge in [0, 0.05) is 0 Å². The van der Waals surface area contributed by atoms with Crippen molar-refractivity contribution in [3.05, 3.63) is 35.9 Å². The monoisotopic (exact) mass is 305 g/mol. The van der Waals surface area contributed by atoms with E-state index in [4.69, 9.17) is 9.94 Å². The lowest BCUT2D eigenvalue weighted by atomic mass is 9.96. The number of carbonyl (C=O) groups is 2. The molecule has 0 aliphatic heterocycles. The molecule has 0 heterocycles. The lowest BCUT2D eigenvalue weighted by molar-refractivity contribution is -0.196. The highest BCUT2D eigenvalue weighted by molar-refractivity contribution is 5.68. The number of benzene rings is 1.